The van der Waals surface area contributed by atoms with Gasteiger partial charge in [-0.25, -0.2) is 4.98 Å². The summed E-state index contributed by atoms with van der Waals surface area (Å²) in [6.45, 7) is 0. The molecule has 0 saturated heterocycles. The predicted molar refractivity (Wildman–Crippen MR) is 72.2 cm³/mol. The molecule has 1 N–H and O–H groups in total. The summed E-state index contributed by atoms with van der Waals surface area (Å²) < 4.78 is 0.804. The third kappa shape index (κ3) is 3.68. The van der Waals surface area contributed by atoms with Crippen LogP contribution in [0.1, 0.15) is 32.1 Å². The standard InChI is InChI=1S/C12H14BrClN2O/c13-9-6-10(12(14)15-7-9)16-11(17)5-8-3-1-2-4-8/h6-8H,1-5H2,(H,16,17). The average molecular weight is 318 g/mol. The zero-order valence-corrected chi connectivity index (χ0v) is 11.7. The topological polar surface area (TPSA) is 42.0 Å². The van der Waals surface area contributed by atoms with Gasteiger partial charge >= 0.3 is 0 Å². The predicted octanol–water partition coefficient (Wildman–Crippen LogP) is 4.02. The lowest BCUT2D eigenvalue weighted by molar-refractivity contribution is -0.117. The SMILES string of the molecule is O=C(CC1CCCC1)Nc1cc(Br)cnc1Cl. The number of carbonyl (C=O) groups is 1. The van der Waals surface area contributed by atoms with Gasteiger partial charge in [-0.1, -0.05) is 24.4 Å². The van der Waals surface area contributed by atoms with Crippen LogP contribution in [-0.4, -0.2) is 10.9 Å². The van der Waals surface area contributed by atoms with E-state index in [1.165, 1.54) is 12.8 Å². The summed E-state index contributed by atoms with van der Waals surface area (Å²) in [6.07, 6.45) is 7.02. The number of aromatic nitrogens is 1. The van der Waals surface area contributed by atoms with E-state index in [0.29, 0.717) is 23.2 Å². The molecule has 3 nitrogen and oxygen atoms in total. The molecule has 0 atom stereocenters. The molecule has 5 heteroatoms. The van der Waals surface area contributed by atoms with E-state index in [0.717, 1.165) is 17.3 Å². The van der Waals surface area contributed by atoms with Gasteiger partial charge in [-0.15, -0.1) is 0 Å². The van der Waals surface area contributed by atoms with Crippen molar-refractivity contribution in [3.05, 3.63) is 21.9 Å². The maximum Gasteiger partial charge on any atom is 0.224 e. The fourth-order valence-corrected chi connectivity index (χ4v) is 2.67. The molecule has 1 fully saturated rings. The van der Waals surface area contributed by atoms with Crippen LogP contribution in [0.15, 0.2) is 16.7 Å². The first-order valence-corrected chi connectivity index (χ1v) is 6.93. The van der Waals surface area contributed by atoms with E-state index in [9.17, 15) is 4.79 Å². The van der Waals surface area contributed by atoms with Crippen LogP contribution in [0.4, 0.5) is 5.69 Å². The first-order chi connectivity index (χ1) is 8.15. The van der Waals surface area contributed by atoms with Crippen LogP contribution in [0, 0.1) is 5.92 Å². The summed E-state index contributed by atoms with van der Waals surface area (Å²) in [5.74, 6) is 0.563. The van der Waals surface area contributed by atoms with Gasteiger partial charge in [-0.3, -0.25) is 4.79 Å². The van der Waals surface area contributed by atoms with Crippen LogP contribution in [-0.2, 0) is 4.79 Å². The maximum atomic E-state index is 11.8. The van der Waals surface area contributed by atoms with Crippen LogP contribution >= 0.6 is 27.5 Å². The summed E-state index contributed by atoms with van der Waals surface area (Å²) in [4.78, 5) is 15.8. The van der Waals surface area contributed by atoms with Crippen LogP contribution < -0.4 is 5.32 Å². The number of carbonyl (C=O) groups excluding carboxylic acids is 1. The van der Waals surface area contributed by atoms with Crippen LogP contribution in [0.3, 0.4) is 0 Å². The normalized spacial score (nSPS) is 16.1. The minimum Gasteiger partial charge on any atom is -0.323 e. The Hall–Kier alpha value is -0.610. The fourth-order valence-electron chi connectivity index (χ4n) is 2.19. The highest BCUT2D eigenvalue weighted by molar-refractivity contribution is 9.10. The Balaban J connectivity index is 1.95. The van der Waals surface area contributed by atoms with Crippen molar-refractivity contribution in [2.75, 3.05) is 5.32 Å². The van der Waals surface area contributed by atoms with E-state index in [-0.39, 0.29) is 5.91 Å². The van der Waals surface area contributed by atoms with E-state index in [1.807, 2.05) is 0 Å². The summed E-state index contributed by atoms with van der Waals surface area (Å²) in [5, 5.41) is 3.14. The number of nitrogens with zero attached hydrogens (tertiary/aromatic N) is 1. The first-order valence-electron chi connectivity index (χ1n) is 5.76. The van der Waals surface area contributed by atoms with Gasteiger partial charge in [0.25, 0.3) is 0 Å². The van der Waals surface area contributed by atoms with Crippen molar-refractivity contribution in [3.63, 3.8) is 0 Å². The minimum atomic E-state index is 0.0266. The molecule has 92 valence electrons. The van der Waals surface area contributed by atoms with E-state index in [1.54, 1.807) is 12.3 Å². The smallest absolute Gasteiger partial charge is 0.224 e. The first kappa shape index (κ1) is 12.8. The Morgan fingerprint density at radius 3 is 2.94 bits per heavy atom. The van der Waals surface area contributed by atoms with Crippen LogP contribution in [0.25, 0.3) is 0 Å². The number of amides is 1. The van der Waals surface area contributed by atoms with Gasteiger partial charge in [0, 0.05) is 17.1 Å². The van der Waals surface area contributed by atoms with Gasteiger partial charge in [-0.2, -0.15) is 0 Å². The molecule has 0 radical (unpaired) electrons. The monoisotopic (exact) mass is 316 g/mol. The Morgan fingerprint density at radius 1 is 1.53 bits per heavy atom. The lowest BCUT2D eigenvalue weighted by Crippen LogP contribution is -2.15. The maximum absolute atomic E-state index is 11.8. The minimum absolute atomic E-state index is 0.0266. The number of nitrogens with one attached hydrogen (secondary N) is 1. The van der Waals surface area contributed by atoms with Crippen molar-refractivity contribution >= 4 is 39.1 Å². The molecule has 0 bridgehead atoms. The number of halogens is 2. The highest BCUT2D eigenvalue weighted by Crippen LogP contribution is 2.28. The second-order valence-corrected chi connectivity index (χ2v) is 5.67. The molecule has 0 aromatic carbocycles. The number of hydrogen-bond donors (Lipinski definition) is 1. The molecule has 1 aliphatic carbocycles. The van der Waals surface area contributed by atoms with Gasteiger partial charge in [0.2, 0.25) is 5.91 Å². The molecule has 0 spiro atoms. The lowest BCUT2D eigenvalue weighted by Gasteiger charge is -2.10. The van der Waals surface area contributed by atoms with Crippen molar-refractivity contribution < 1.29 is 4.79 Å². The molecular formula is C12H14BrClN2O. The molecule has 17 heavy (non-hydrogen) atoms. The molecule has 1 heterocycles. The van der Waals surface area contributed by atoms with E-state index < -0.39 is 0 Å². The number of anilines is 1. The van der Waals surface area contributed by atoms with Gasteiger partial charge in [0.05, 0.1) is 5.69 Å². The van der Waals surface area contributed by atoms with Gasteiger partial charge in [0.1, 0.15) is 0 Å². The molecule has 2 rings (SSSR count). The van der Waals surface area contributed by atoms with Crippen LogP contribution in [0.2, 0.25) is 5.15 Å². The Kier molecular flexibility index (Phi) is 4.40. The highest BCUT2D eigenvalue weighted by Gasteiger charge is 2.19. The number of pyridine rings is 1. The molecule has 1 aromatic rings. The second kappa shape index (κ2) is 5.83. The number of hydrogen-bond acceptors (Lipinski definition) is 2. The van der Waals surface area contributed by atoms with Crippen molar-refractivity contribution in [2.45, 2.75) is 32.1 Å². The van der Waals surface area contributed by atoms with E-state index >= 15 is 0 Å². The van der Waals surface area contributed by atoms with Gasteiger partial charge < -0.3 is 5.32 Å². The van der Waals surface area contributed by atoms with Crippen molar-refractivity contribution in [2.24, 2.45) is 5.92 Å². The summed E-state index contributed by atoms with van der Waals surface area (Å²) in [7, 11) is 0. The number of rotatable bonds is 3. The quantitative estimate of drug-likeness (QED) is 0.856. The second-order valence-electron chi connectivity index (χ2n) is 4.39. The van der Waals surface area contributed by atoms with E-state index in [2.05, 4.69) is 26.2 Å². The molecule has 1 amide bonds. The molecule has 0 aliphatic heterocycles. The summed E-state index contributed by atoms with van der Waals surface area (Å²) in [6, 6.07) is 1.77. The third-order valence-corrected chi connectivity index (χ3v) is 3.76. The van der Waals surface area contributed by atoms with Crippen molar-refractivity contribution in [1.82, 2.24) is 4.98 Å². The Morgan fingerprint density at radius 2 is 2.24 bits per heavy atom. The Bertz CT molecular complexity index is 419. The van der Waals surface area contributed by atoms with E-state index in [4.69, 9.17) is 11.6 Å². The summed E-state index contributed by atoms with van der Waals surface area (Å²) >= 11 is 9.21. The fraction of sp³-hybridized carbons (Fsp3) is 0.500. The third-order valence-electron chi connectivity index (χ3n) is 3.03. The van der Waals surface area contributed by atoms with Crippen molar-refractivity contribution in [3.8, 4) is 0 Å². The van der Waals surface area contributed by atoms with Crippen LogP contribution in [0.5, 0.6) is 0 Å². The largest absolute Gasteiger partial charge is 0.323 e. The van der Waals surface area contributed by atoms with Crippen molar-refractivity contribution in [1.29, 1.82) is 0 Å². The highest BCUT2D eigenvalue weighted by atomic mass is 79.9. The average Bonchev–Trinajstić information content (AvgIpc) is 2.76. The molecular weight excluding hydrogens is 304 g/mol. The van der Waals surface area contributed by atoms with Gasteiger partial charge in [0.15, 0.2) is 5.15 Å². The van der Waals surface area contributed by atoms with Gasteiger partial charge in [-0.05, 0) is 40.8 Å². The summed E-state index contributed by atoms with van der Waals surface area (Å²) in [5.41, 5.74) is 0.573. The zero-order valence-electron chi connectivity index (χ0n) is 9.38. The lowest BCUT2D eigenvalue weighted by atomic mass is 10.0. The molecule has 0 unspecified atom stereocenters. The Labute approximate surface area is 114 Å². The molecule has 1 aliphatic rings. The molecule has 1 aromatic heterocycles. The zero-order chi connectivity index (χ0) is 12.3. The molecule has 1 saturated carbocycles.